The van der Waals surface area contributed by atoms with Crippen LogP contribution in [0.2, 0.25) is 0 Å². The number of aromatic nitrogens is 4. The van der Waals surface area contributed by atoms with E-state index in [1.807, 2.05) is 260 Å². The smallest absolute Gasteiger partial charge is 0.255 e. The first-order chi connectivity index (χ1) is 61.0. The molecule has 0 fully saturated rings. The summed E-state index contributed by atoms with van der Waals surface area (Å²) in [5, 5.41) is 5.84. The zero-order valence-electron chi connectivity index (χ0n) is 67.6. The number of para-hydroxylation sites is 8. The monoisotopic (exact) mass is 2470 g/mol. The summed E-state index contributed by atoms with van der Waals surface area (Å²) in [6.07, 6.45) is 3.20. The van der Waals surface area contributed by atoms with E-state index < -0.39 is 0 Å². The molecule has 0 bridgehead atoms. The molecule has 8 aromatic heterocycles. The standard InChI is InChI=1S/C25H16N3O3.2C25H16N3O2S.C25H16N3OS2.4Pt/c1-27-16-28(22-11-3-2-10-21(22)27)18-7-5-9-20(15-18)30-19-8-4-6-17(14-19)24-26-25-23(31-24)12-13-29-25;1-27-16-28(22-11-3-2-10-21(22)27)18-7-5-9-20(15-18)30-19-8-4-6-17(14-19)25-26-24-23(31-25)12-13-29-24;1-27-16-28(22-11-3-2-10-21(22)27)18-7-5-9-20(15-18)29-19-8-4-6-17(14-19)24-26-25-23(30-24)12-13-31-25;1-27-16-28(22-11-3-2-10-21(22)27)18-7-5-9-20(15-18)29-19-8-4-6-17(14-19)24-26-25-23(31-24)12-13-30-25;;;;/h4*2-13,16H,1H3;;;;/q4*-3;;;;. The van der Waals surface area contributed by atoms with Gasteiger partial charge in [0.15, 0.2) is 16.0 Å². The maximum atomic E-state index is 6.13. The molecule has 4 aliphatic heterocycles. The third kappa shape index (κ3) is 18.5. The van der Waals surface area contributed by atoms with Crippen LogP contribution in [0.25, 0.3) is 85.7 Å². The molecule has 648 valence electrons. The fourth-order valence-corrected chi connectivity index (χ4v) is 18.0. The van der Waals surface area contributed by atoms with Gasteiger partial charge in [-0.3, -0.25) is 9.97 Å². The molecule has 28 heteroatoms. The molecule has 0 aliphatic carbocycles. The minimum absolute atomic E-state index is 0. The van der Waals surface area contributed by atoms with E-state index in [2.05, 4.69) is 169 Å². The van der Waals surface area contributed by atoms with Crippen LogP contribution < -0.4 is 58.1 Å². The van der Waals surface area contributed by atoms with Gasteiger partial charge in [0.25, 0.3) is 5.71 Å². The number of hydrogen-bond acceptors (Lipinski definition) is 24. The Morgan fingerprint density at radius 3 is 1.01 bits per heavy atom. The number of fused-ring (bicyclic) bond motifs is 8. The number of furan rings is 2. The second-order valence-electron chi connectivity index (χ2n) is 28.5. The van der Waals surface area contributed by atoms with Crippen LogP contribution in [-0.4, -0.2) is 48.1 Å². The number of thiazole rings is 2. The molecule has 0 amide bonds. The van der Waals surface area contributed by atoms with Crippen molar-refractivity contribution in [1.82, 2.24) is 19.9 Å². The van der Waals surface area contributed by atoms with Crippen molar-refractivity contribution >= 4 is 155 Å². The van der Waals surface area contributed by atoms with Crippen LogP contribution in [0.5, 0.6) is 46.0 Å². The van der Waals surface area contributed by atoms with E-state index in [4.69, 9.17) is 41.6 Å². The molecule has 12 heterocycles. The van der Waals surface area contributed by atoms with Crippen LogP contribution in [0.15, 0.2) is 308 Å². The van der Waals surface area contributed by atoms with Crippen molar-refractivity contribution in [1.29, 1.82) is 0 Å². The molecule has 0 N–H and O–H groups in total. The summed E-state index contributed by atoms with van der Waals surface area (Å²) in [5.74, 6) is 5.82. The molecule has 0 spiro atoms. The van der Waals surface area contributed by atoms with Crippen molar-refractivity contribution in [2.75, 3.05) is 67.4 Å². The Balaban J connectivity index is 0.000000119. The van der Waals surface area contributed by atoms with Gasteiger partial charge in [-0.05, 0) is 106 Å². The Bertz CT molecular complexity index is 6330. The van der Waals surface area contributed by atoms with Crippen molar-refractivity contribution in [3.05, 3.63) is 365 Å². The van der Waals surface area contributed by atoms with Gasteiger partial charge in [0, 0.05) is 192 Å². The first-order valence-corrected chi connectivity index (χ1v) is 42.5. The van der Waals surface area contributed by atoms with Gasteiger partial charge in [0.1, 0.15) is 16.6 Å². The minimum atomic E-state index is 0. The minimum Gasteiger partial charge on any atom is -0.504 e. The van der Waals surface area contributed by atoms with Gasteiger partial charge in [-0.25, -0.2) is 9.97 Å². The quantitative estimate of drug-likeness (QED) is 0.0837. The molecule has 0 unspecified atom stereocenters. The van der Waals surface area contributed by atoms with Crippen LogP contribution in [0.3, 0.4) is 0 Å². The number of thiophene rings is 2. The average molecular weight is 2470 g/mol. The van der Waals surface area contributed by atoms with Gasteiger partial charge in [0.05, 0.1) is 21.9 Å². The van der Waals surface area contributed by atoms with E-state index in [9.17, 15) is 0 Å². The fourth-order valence-electron chi connectivity index (χ4n) is 14.5. The van der Waals surface area contributed by atoms with Gasteiger partial charge < -0.3 is 75.8 Å². The predicted molar refractivity (Wildman–Crippen MR) is 491 cm³/mol. The van der Waals surface area contributed by atoms with Crippen molar-refractivity contribution in [3.63, 3.8) is 0 Å². The Labute approximate surface area is 811 Å². The summed E-state index contributed by atoms with van der Waals surface area (Å²) in [4.78, 5) is 36.8. The Kier molecular flexibility index (Phi) is 26.5. The third-order valence-corrected chi connectivity index (χ3v) is 24.1. The number of oxazole rings is 2. The number of benzene rings is 12. The summed E-state index contributed by atoms with van der Waals surface area (Å²) < 4.78 is 48.8. The van der Waals surface area contributed by atoms with E-state index in [-0.39, 0.29) is 84.3 Å². The molecule has 0 radical (unpaired) electrons. The van der Waals surface area contributed by atoms with Gasteiger partial charge >= 0.3 is 0 Å². The molecule has 12 aromatic carbocycles. The SMILES string of the molecule is CN1[CH-]N(c2[c-]c(Oc3[c-]c(-c4nc5occc5o4)ccc3)ccc2)c2ccccc21.CN1[CH-]N(c2[c-]c(Oc3[c-]c(-c4nc5occc5s4)ccc3)ccc2)c2ccccc21.CN1[CH-]N(c2[c-]c(Oc3[c-]c(-c4nc5sccc5o4)ccc3)ccc2)c2ccccc21.CN1[CH-]N(c2[c-]c(Oc3[c-]c(-c4nc5sccc5s4)ccc3)ccc2)c2ccccc21.[Pt].[Pt].[Pt].[Pt]. The number of anilines is 12. The summed E-state index contributed by atoms with van der Waals surface area (Å²) in [7, 11) is 8.14. The van der Waals surface area contributed by atoms with Crippen molar-refractivity contribution < 1.29 is 121 Å². The summed E-state index contributed by atoms with van der Waals surface area (Å²) in [5.41, 5.74) is 18.4. The largest absolute Gasteiger partial charge is 0.504 e. The van der Waals surface area contributed by atoms with E-state index in [1.165, 1.54) is 4.70 Å². The Morgan fingerprint density at radius 2 is 0.609 bits per heavy atom. The number of nitrogens with zero attached hydrogens (tertiary/aromatic N) is 12. The van der Waals surface area contributed by atoms with E-state index in [1.54, 1.807) is 63.9 Å². The van der Waals surface area contributed by atoms with Crippen molar-refractivity contribution in [2.24, 2.45) is 0 Å². The molecule has 0 saturated heterocycles. The molecule has 4 aliphatic rings. The number of rotatable bonds is 16. The summed E-state index contributed by atoms with van der Waals surface area (Å²) >= 11 is 6.45. The molecule has 24 rings (SSSR count). The van der Waals surface area contributed by atoms with E-state index >= 15 is 0 Å². The van der Waals surface area contributed by atoms with Gasteiger partial charge in [0.2, 0.25) is 5.71 Å². The van der Waals surface area contributed by atoms with Gasteiger partial charge in [-0.15, -0.1) is 202 Å². The molecular formula is C100H64N12O8Pt4S4-12. The average Bonchev–Trinajstić information content (AvgIpc) is 1.64. The Morgan fingerprint density at radius 1 is 0.281 bits per heavy atom. The second-order valence-corrected chi connectivity index (χ2v) is 32.4. The molecule has 128 heavy (non-hydrogen) atoms. The van der Waals surface area contributed by atoms with Crippen LogP contribution >= 0.6 is 45.3 Å². The summed E-state index contributed by atoms with van der Waals surface area (Å²) in [6, 6.07) is 114. The van der Waals surface area contributed by atoms with Crippen LogP contribution in [0.1, 0.15) is 0 Å². The number of ether oxygens (including phenoxy) is 4. The molecule has 0 atom stereocenters. The normalized spacial score (nSPS) is 12.7. The predicted octanol–water partition coefficient (Wildman–Crippen LogP) is 26.6. The Hall–Kier alpha value is -12.3. The van der Waals surface area contributed by atoms with Crippen molar-refractivity contribution in [2.45, 2.75) is 0 Å². The zero-order chi connectivity index (χ0) is 83.1. The maximum absolute atomic E-state index is 6.13. The molecule has 0 saturated carbocycles. The van der Waals surface area contributed by atoms with Crippen LogP contribution in [0, 0.1) is 75.2 Å². The van der Waals surface area contributed by atoms with E-state index in [0.717, 1.165) is 115 Å². The third-order valence-electron chi connectivity index (χ3n) is 20.2. The first-order valence-electron chi connectivity index (χ1n) is 39.1. The van der Waals surface area contributed by atoms with Gasteiger partial charge in [-0.2, -0.15) is 73.6 Å². The fraction of sp³-hybridized carbons (Fsp3) is 0.0400. The van der Waals surface area contributed by atoms with Gasteiger partial charge in [-0.1, -0.05) is 83.9 Å². The first kappa shape index (κ1) is 87.7. The molecule has 20 nitrogen and oxygen atoms in total. The second kappa shape index (κ2) is 38.7. The van der Waals surface area contributed by atoms with Crippen LogP contribution in [-0.2, 0) is 84.3 Å². The maximum Gasteiger partial charge on any atom is 0.255 e. The summed E-state index contributed by atoms with van der Waals surface area (Å²) in [6.45, 7) is 8.18. The number of hydrogen-bond donors (Lipinski definition) is 0. The molecular weight excluding hydrogens is 2410 g/mol. The van der Waals surface area contributed by atoms with Crippen LogP contribution in [0.4, 0.5) is 68.2 Å². The van der Waals surface area contributed by atoms with E-state index in [0.29, 0.717) is 80.4 Å². The van der Waals surface area contributed by atoms with Crippen molar-refractivity contribution in [3.8, 4) is 90.0 Å². The topological polar surface area (TPSA) is 167 Å². The molecule has 20 aromatic rings. The zero-order valence-corrected chi connectivity index (χ0v) is 79.9.